The van der Waals surface area contributed by atoms with Gasteiger partial charge >= 0.3 is 0 Å². The van der Waals surface area contributed by atoms with Crippen molar-refractivity contribution in [3.63, 3.8) is 0 Å². The summed E-state index contributed by atoms with van der Waals surface area (Å²) in [6.45, 7) is 4.32. The fourth-order valence-corrected chi connectivity index (χ4v) is 6.23. The molecule has 0 unspecified atom stereocenters. The van der Waals surface area contributed by atoms with Gasteiger partial charge in [0.15, 0.2) is 9.84 Å². The van der Waals surface area contributed by atoms with Crippen molar-refractivity contribution in [2.45, 2.75) is 32.9 Å². The Hall–Kier alpha value is -0.750. The second-order valence-electron chi connectivity index (χ2n) is 7.93. The van der Waals surface area contributed by atoms with E-state index in [1.807, 2.05) is 26.0 Å². The summed E-state index contributed by atoms with van der Waals surface area (Å²) >= 11 is 17.7. The normalized spacial score (nSPS) is 27.8. The minimum Gasteiger partial charge on any atom is -0.334 e. The maximum Gasteiger partial charge on any atom is 0.227 e. The highest BCUT2D eigenvalue weighted by Gasteiger charge is 2.62. The van der Waals surface area contributed by atoms with Crippen LogP contribution in [0, 0.1) is 17.3 Å². The first-order chi connectivity index (χ1) is 12.5. The van der Waals surface area contributed by atoms with Crippen molar-refractivity contribution in [1.29, 1.82) is 0 Å². The summed E-state index contributed by atoms with van der Waals surface area (Å²) < 4.78 is 24.1. The molecule has 4 nitrogen and oxygen atoms in total. The van der Waals surface area contributed by atoms with Crippen LogP contribution in [-0.4, -0.2) is 36.8 Å². The molecule has 1 aliphatic carbocycles. The number of hydrogen-bond donors (Lipinski definition) is 0. The molecule has 0 spiro atoms. The molecule has 0 N–H and O–H groups in total. The van der Waals surface area contributed by atoms with Crippen molar-refractivity contribution in [2.24, 2.45) is 17.3 Å². The summed E-state index contributed by atoms with van der Waals surface area (Å²) in [5, 5.41) is 0.584. The number of benzene rings is 1. The summed E-state index contributed by atoms with van der Waals surface area (Å²) in [4.78, 5) is 15.1. The van der Waals surface area contributed by atoms with Crippen LogP contribution in [0.4, 0.5) is 0 Å². The highest BCUT2D eigenvalue weighted by molar-refractivity contribution is 7.91. The lowest BCUT2D eigenvalue weighted by Gasteiger charge is -2.29. The van der Waals surface area contributed by atoms with Crippen molar-refractivity contribution in [3.8, 4) is 0 Å². The quantitative estimate of drug-likeness (QED) is 0.666. The van der Waals surface area contributed by atoms with E-state index >= 15 is 0 Å². The predicted molar refractivity (Wildman–Crippen MR) is 110 cm³/mol. The Bertz CT molecular complexity index is 878. The standard InChI is InChI=1S/C19H22Cl3NO3S/c1-19(2)15(9-16(21)22)17(19)18(24)23(14-6-7-27(25,26)11-14)10-12-4-3-5-13(20)8-12/h3-5,8-9,14-15,17H,6-7,10-11H2,1-2H3/t14-,15+,17+/m0/s1. The van der Waals surface area contributed by atoms with Gasteiger partial charge in [0.1, 0.15) is 4.49 Å². The molecular weight excluding hydrogens is 429 g/mol. The number of sulfone groups is 1. The van der Waals surface area contributed by atoms with Crippen molar-refractivity contribution in [3.05, 3.63) is 45.4 Å². The third-order valence-corrected chi connectivity index (χ3v) is 7.89. The molecule has 3 rings (SSSR count). The molecule has 1 aromatic rings. The Morgan fingerprint density at radius 3 is 2.59 bits per heavy atom. The largest absolute Gasteiger partial charge is 0.334 e. The summed E-state index contributed by atoms with van der Waals surface area (Å²) in [6.07, 6.45) is 2.16. The van der Waals surface area contributed by atoms with Crippen LogP contribution in [0.3, 0.4) is 0 Å². The molecule has 1 aliphatic heterocycles. The summed E-state index contributed by atoms with van der Waals surface area (Å²) in [5.41, 5.74) is 0.608. The molecule has 1 amide bonds. The van der Waals surface area contributed by atoms with Gasteiger partial charge in [-0.25, -0.2) is 8.42 Å². The first-order valence-corrected chi connectivity index (χ1v) is 11.7. The number of carbonyl (C=O) groups is 1. The van der Waals surface area contributed by atoms with E-state index in [1.54, 1.807) is 23.1 Å². The lowest BCUT2D eigenvalue weighted by atomic mass is 10.1. The molecule has 27 heavy (non-hydrogen) atoms. The second-order valence-corrected chi connectivity index (χ2v) is 11.6. The summed E-state index contributed by atoms with van der Waals surface area (Å²) in [7, 11) is -3.12. The lowest BCUT2D eigenvalue weighted by Crippen LogP contribution is -2.42. The average Bonchev–Trinajstić information content (AvgIpc) is 2.88. The maximum absolute atomic E-state index is 13.4. The Labute approximate surface area is 175 Å². The van der Waals surface area contributed by atoms with Crippen LogP contribution in [0.1, 0.15) is 25.8 Å². The number of amides is 1. The van der Waals surface area contributed by atoms with E-state index in [4.69, 9.17) is 34.8 Å². The van der Waals surface area contributed by atoms with Gasteiger partial charge in [-0.3, -0.25) is 4.79 Å². The van der Waals surface area contributed by atoms with Crippen LogP contribution < -0.4 is 0 Å². The van der Waals surface area contributed by atoms with Crippen LogP contribution >= 0.6 is 34.8 Å². The van der Waals surface area contributed by atoms with E-state index < -0.39 is 9.84 Å². The van der Waals surface area contributed by atoms with Crippen LogP contribution in [0.5, 0.6) is 0 Å². The molecule has 3 atom stereocenters. The van der Waals surface area contributed by atoms with Gasteiger partial charge in [0, 0.05) is 17.6 Å². The van der Waals surface area contributed by atoms with E-state index in [-0.39, 0.29) is 45.2 Å². The van der Waals surface area contributed by atoms with Gasteiger partial charge in [-0.1, -0.05) is 60.8 Å². The van der Waals surface area contributed by atoms with Crippen molar-refractivity contribution < 1.29 is 13.2 Å². The van der Waals surface area contributed by atoms with Gasteiger partial charge < -0.3 is 4.90 Å². The maximum atomic E-state index is 13.4. The third kappa shape index (κ3) is 4.64. The molecule has 1 aromatic carbocycles. The third-order valence-electron chi connectivity index (χ3n) is 5.66. The summed E-state index contributed by atoms with van der Waals surface area (Å²) in [6, 6.07) is 6.96. The molecule has 1 saturated heterocycles. The molecular formula is C19H22Cl3NO3S. The minimum absolute atomic E-state index is 0.00320. The second kappa shape index (κ2) is 7.58. The zero-order valence-corrected chi connectivity index (χ0v) is 18.2. The molecule has 0 aromatic heterocycles. The highest BCUT2D eigenvalue weighted by Crippen LogP contribution is 2.60. The van der Waals surface area contributed by atoms with Crippen molar-refractivity contribution >= 4 is 50.5 Å². The van der Waals surface area contributed by atoms with Gasteiger partial charge in [-0.2, -0.15) is 0 Å². The van der Waals surface area contributed by atoms with Gasteiger partial charge in [0.05, 0.1) is 17.4 Å². The molecule has 0 radical (unpaired) electrons. The molecule has 1 heterocycles. The van der Waals surface area contributed by atoms with Gasteiger partial charge in [0.2, 0.25) is 5.91 Å². The molecule has 1 saturated carbocycles. The zero-order chi connectivity index (χ0) is 20.0. The van der Waals surface area contributed by atoms with Crippen LogP contribution in [0.15, 0.2) is 34.8 Å². The van der Waals surface area contributed by atoms with E-state index in [0.717, 1.165) is 5.56 Å². The molecule has 8 heteroatoms. The van der Waals surface area contributed by atoms with Crippen LogP contribution in [0.2, 0.25) is 5.02 Å². The monoisotopic (exact) mass is 449 g/mol. The van der Waals surface area contributed by atoms with Crippen LogP contribution in [0.25, 0.3) is 0 Å². The number of rotatable bonds is 5. The molecule has 2 aliphatic rings. The van der Waals surface area contributed by atoms with Gasteiger partial charge in [-0.05, 0) is 41.5 Å². The number of carbonyl (C=O) groups excluding carboxylic acids is 1. The first kappa shape index (κ1) is 21.0. The molecule has 148 valence electrons. The number of nitrogens with zero attached hydrogens (tertiary/aromatic N) is 1. The van der Waals surface area contributed by atoms with E-state index in [9.17, 15) is 13.2 Å². The Morgan fingerprint density at radius 2 is 2.04 bits per heavy atom. The highest BCUT2D eigenvalue weighted by atomic mass is 35.5. The first-order valence-electron chi connectivity index (χ1n) is 8.79. The zero-order valence-electron chi connectivity index (χ0n) is 15.2. The van der Waals surface area contributed by atoms with Crippen LogP contribution in [-0.2, 0) is 21.2 Å². The van der Waals surface area contributed by atoms with Crippen molar-refractivity contribution in [1.82, 2.24) is 4.90 Å². The number of hydrogen-bond acceptors (Lipinski definition) is 3. The van der Waals surface area contributed by atoms with E-state index in [2.05, 4.69) is 0 Å². The summed E-state index contributed by atoms with van der Waals surface area (Å²) in [5.74, 6) is -0.272. The average molecular weight is 451 g/mol. The minimum atomic E-state index is -3.12. The van der Waals surface area contributed by atoms with Crippen molar-refractivity contribution in [2.75, 3.05) is 11.5 Å². The Kier molecular flexibility index (Phi) is 5.89. The lowest BCUT2D eigenvalue weighted by molar-refractivity contribution is -0.136. The van der Waals surface area contributed by atoms with Gasteiger partial charge in [0.25, 0.3) is 0 Å². The number of allylic oxidation sites excluding steroid dienone is 1. The SMILES string of the molecule is CC1(C)[C@H](C=C(Cl)Cl)[C@@H]1C(=O)N(Cc1cccc(Cl)c1)[C@H]1CCS(=O)(=O)C1. The van der Waals surface area contributed by atoms with E-state index in [1.165, 1.54) is 0 Å². The molecule has 0 bridgehead atoms. The molecule has 2 fully saturated rings. The smallest absolute Gasteiger partial charge is 0.227 e. The Morgan fingerprint density at radius 1 is 1.33 bits per heavy atom. The van der Waals surface area contributed by atoms with Gasteiger partial charge in [-0.15, -0.1) is 0 Å². The number of halogens is 3. The van der Waals surface area contributed by atoms with E-state index in [0.29, 0.717) is 18.0 Å². The predicted octanol–water partition coefficient (Wildman–Crippen LogP) is 4.45. The fraction of sp³-hybridized carbons (Fsp3) is 0.526. The Balaban J connectivity index is 1.88. The topological polar surface area (TPSA) is 54.5 Å². The fourth-order valence-electron chi connectivity index (χ4n) is 4.01.